The number of hydrogen-bond donors (Lipinski definition) is 2. The van der Waals surface area contributed by atoms with Gasteiger partial charge in [-0.15, -0.1) is 11.3 Å². The molecule has 7 heteroatoms. The third kappa shape index (κ3) is 3.72. The van der Waals surface area contributed by atoms with Crippen molar-refractivity contribution in [3.05, 3.63) is 55.7 Å². The van der Waals surface area contributed by atoms with Crippen molar-refractivity contribution in [2.45, 2.75) is 6.92 Å². The third-order valence-corrected chi connectivity index (χ3v) is 3.85. The van der Waals surface area contributed by atoms with Crippen LogP contribution in [0.25, 0.3) is 0 Å². The van der Waals surface area contributed by atoms with E-state index in [1.54, 1.807) is 6.07 Å². The highest BCUT2D eigenvalue weighted by molar-refractivity contribution is 7.12. The number of hydrogen-bond acceptors (Lipinski definition) is 3. The van der Waals surface area contributed by atoms with Crippen molar-refractivity contribution in [2.24, 2.45) is 0 Å². The molecule has 0 aliphatic carbocycles. The maximum atomic E-state index is 11.9. The van der Waals surface area contributed by atoms with Crippen molar-refractivity contribution in [3.8, 4) is 0 Å². The van der Waals surface area contributed by atoms with Crippen molar-refractivity contribution in [1.29, 1.82) is 0 Å². The fourth-order valence-corrected chi connectivity index (χ4v) is 2.80. The standard InChI is InChI=1S/C13H10Cl2N2O2S/c1-7-2-11(20-6-7)13(19)17-16-12(18)8-3-9(14)5-10(15)4-8/h2-6H,1H3,(H,16,18)(H,17,19). The van der Waals surface area contributed by atoms with E-state index >= 15 is 0 Å². The Morgan fingerprint density at radius 1 is 1.00 bits per heavy atom. The van der Waals surface area contributed by atoms with Crippen LogP contribution in [-0.2, 0) is 0 Å². The summed E-state index contributed by atoms with van der Waals surface area (Å²) in [6.45, 7) is 1.89. The van der Waals surface area contributed by atoms with Gasteiger partial charge in [-0.25, -0.2) is 0 Å². The van der Waals surface area contributed by atoms with Gasteiger partial charge in [0.2, 0.25) is 0 Å². The van der Waals surface area contributed by atoms with E-state index in [9.17, 15) is 9.59 Å². The molecule has 0 radical (unpaired) electrons. The first-order valence-electron chi connectivity index (χ1n) is 5.57. The molecule has 0 spiro atoms. The first-order valence-corrected chi connectivity index (χ1v) is 7.21. The van der Waals surface area contributed by atoms with Gasteiger partial charge in [0, 0.05) is 15.6 Å². The van der Waals surface area contributed by atoms with E-state index < -0.39 is 5.91 Å². The number of halogens is 2. The van der Waals surface area contributed by atoms with E-state index in [4.69, 9.17) is 23.2 Å². The topological polar surface area (TPSA) is 58.2 Å². The maximum Gasteiger partial charge on any atom is 0.279 e. The van der Waals surface area contributed by atoms with Crippen molar-refractivity contribution in [2.75, 3.05) is 0 Å². The lowest BCUT2D eigenvalue weighted by Crippen LogP contribution is -2.41. The molecule has 104 valence electrons. The highest BCUT2D eigenvalue weighted by Gasteiger charge is 2.11. The number of hydrazine groups is 1. The predicted octanol–water partition coefficient (Wildman–Crippen LogP) is 3.44. The van der Waals surface area contributed by atoms with Crippen LogP contribution < -0.4 is 10.9 Å². The van der Waals surface area contributed by atoms with Crippen LogP contribution in [0.3, 0.4) is 0 Å². The molecule has 0 saturated carbocycles. The Bertz CT molecular complexity index is 650. The summed E-state index contributed by atoms with van der Waals surface area (Å²) in [4.78, 5) is 24.1. The summed E-state index contributed by atoms with van der Waals surface area (Å²) in [5, 5.41) is 2.55. The van der Waals surface area contributed by atoms with Crippen LogP contribution in [0.5, 0.6) is 0 Å². The molecular formula is C13H10Cl2N2O2S. The second-order valence-corrected chi connectivity index (χ2v) is 5.84. The maximum absolute atomic E-state index is 11.9. The van der Waals surface area contributed by atoms with Crippen LogP contribution >= 0.6 is 34.5 Å². The zero-order chi connectivity index (χ0) is 14.7. The monoisotopic (exact) mass is 328 g/mol. The van der Waals surface area contributed by atoms with Gasteiger partial charge in [0.15, 0.2) is 0 Å². The molecule has 1 aromatic heterocycles. The number of aryl methyl sites for hydroxylation is 1. The van der Waals surface area contributed by atoms with Gasteiger partial charge in [-0.2, -0.15) is 0 Å². The van der Waals surface area contributed by atoms with Gasteiger partial charge >= 0.3 is 0 Å². The number of amides is 2. The molecule has 2 aromatic rings. The molecule has 0 aliphatic rings. The lowest BCUT2D eigenvalue weighted by atomic mass is 10.2. The molecule has 0 unspecified atom stereocenters. The summed E-state index contributed by atoms with van der Waals surface area (Å²) in [5.74, 6) is -0.861. The molecule has 0 bridgehead atoms. The number of carbonyl (C=O) groups excluding carboxylic acids is 2. The smallest absolute Gasteiger partial charge is 0.267 e. The molecule has 0 atom stereocenters. The lowest BCUT2D eigenvalue weighted by molar-refractivity contribution is 0.0849. The quantitative estimate of drug-likeness (QED) is 0.829. The summed E-state index contributed by atoms with van der Waals surface area (Å²) < 4.78 is 0. The van der Waals surface area contributed by atoms with Crippen LogP contribution in [0.1, 0.15) is 25.6 Å². The van der Waals surface area contributed by atoms with Gasteiger partial charge in [-0.05, 0) is 42.1 Å². The minimum absolute atomic E-state index is 0.269. The van der Waals surface area contributed by atoms with Crippen LogP contribution in [-0.4, -0.2) is 11.8 Å². The molecule has 20 heavy (non-hydrogen) atoms. The number of thiophene rings is 1. The van der Waals surface area contributed by atoms with E-state index in [2.05, 4.69) is 10.9 Å². The fourth-order valence-electron chi connectivity index (χ4n) is 1.48. The molecule has 1 heterocycles. The average molecular weight is 329 g/mol. The highest BCUT2D eigenvalue weighted by Crippen LogP contribution is 2.19. The number of rotatable bonds is 2. The first-order chi connectivity index (χ1) is 9.45. The van der Waals surface area contributed by atoms with E-state index in [0.717, 1.165) is 5.56 Å². The van der Waals surface area contributed by atoms with Crippen LogP contribution in [0.4, 0.5) is 0 Å². The second kappa shape index (κ2) is 6.26. The summed E-state index contributed by atoms with van der Waals surface area (Å²) in [6.07, 6.45) is 0. The molecule has 4 nitrogen and oxygen atoms in total. The highest BCUT2D eigenvalue weighted by atomic mass is 35.5. The number of benzene rings is 1. The number of nitrogens with one attached hydrogen (secondary N) is 2. The van der Waals surface area contributed by atoms with E-state index in [1.807, 2.05) is 12.3 Å². The van der Waals surface area contributed by atoms with Crippen LogP contribution in [0.15, 0.2) is 29.6 Å². The largest absolute Gasteiger partial charge is 0.279 e. The minimum atomic E-state index is -0.490. The van der Waals surface area contributed by atoms with Gasteiger partial charge in [0.05, 0.1) is 4.88 Å². The Kier molecular flexibility index (Phi) is 4.65. The van der Waals surface area contributed by atoms with Gasteiger partial charge in [0.25, 0.3) is 11.8 Å². The van der Waals surface area contributed by atoms with Gasteiger partial charge in [0.1, 0.15) is 0 Å². The molecule has 0 fully saturated rings. The SMILES string of the molecule is Cc1csc(C(=O)NNC(=O)c2cc(Cl)cc(Cl)c2)c1. The summed E-state index contributed by atoms with van der Waals surface area (Å²) in [6, 6.07) is 6.18. The van der Waals surface area contributed by atoms with Crippen molar-refractivity contribution in [3.63, 3.8) is 0 Å². The minimum Gasteiger partial charge on any atom is -0.267 e. The summed E-state index contributed by atoms with van der Waals surface area (Å²) in [5.41, 5.74) is 5.91. The first kappa shape index (κ1) is 14.8. The van der Waals surface area contributed by atoms with Gasteiger partial charge < -0.3 is 0 Å². The summed E-state index contributed by atoms with van der Waals surface area (Å²) >= 11 is 12.9. The average Bonchev–Trinajstić information content (AvgIpc) is 2.81. The molecule has 1 aromatic carbocycles. The van der Waals surface area contributed by atoms with Gasteiger partial charge in [-0.3, -0.25) is 20.4 Å². The van der Waals surface area contributed by atoms with E-state index in [0.29, 0.717) is 14.9 Å². The van der Waals surface area contributed by atoms with E-state index in [-0.39, 0.29) is 11.5 Å². The predicted molar refractivity (Wildman–Crippen MR) is 80.5 cm³/mol. The van der Waals surface area contributed by atoms with Gasteiger partial charge in [-0.1, -0.05) is 23.2 Å². The van der Waals surface area contributed by atoms with Crippen molar-refractivity contribution < 1.29 is 9.59 Å². The van der Waals surface area contributed by atoms with E-state index in [1.165, 1.54) is 29.5 Å². The number of carbonyl (C=O) groups is 2. The fraction of sp³-hybridized carbons (Fsp3) is 0.0769. The van der Waals surface area contributed by atoms with Crippen molar-refractivity contribution >= 4 is 46.4 Å². The third-order valence-electron chi connectivity index (χ3n) is 2.37. The molecule has 2 rings (SSSR count). The normalized spacial score (nSPS) is 10.2. The van der Waals surface area contributed by atoms with Crippen LogP contribution in [0.2, 0.25) is 10.0 Å². The zero-order valence-corrected chi connectivity index (χ0v) is 12.7. The molecule has 0 saturated heterocycles. The Morgan fingerprint density at radius 2 is 1.60 bits per heavy atom. The summed E-state index contributed by atoms with van der Waals surface area (Å²) in [7, 11) is 0. The second-order valence-electron chi connectivity index (χ2n) is 4.05. The molecule has 0 aliphatic heterocycles. The lowest BCUT2D eigenvalue weighted by Gasteiger charge is -2.07. The Morgan fingerprint density at radius 3 is 2.15 bits per heavy atom. The molecule has 2 amide bonds. The Hall–Kier alpha value is -1.56. The Labute approximate surface area is 129 Å². The molecular weight excluding hydrogens is 319 g/mol. The molecule has 2 N–H and O–H groups in total. The van der Waals surface area contributed by atoms with Crippen molar-refractivity contribution in [1.82, 2.24) is 10.9 Å². The van der Waals surface area contributed by atoms with Crippen LogP contribution in [0, 0.1) is 6.92 Å². The Balaban J connectivity index is 2.00. The zero-order valence-electron chi connectivity index (χ0n) is 10.4.